The van der Waals surface area contributed by atoms with Gasteiger partial charge in [-0.1, -0.05) is 36.4 Å². The third kappa shape index (κ3) is 3.57. The van der Waals surface area contributed by atoms with E-state index < -0.39 is 0 Å². The minimum atomic E-state index is 0.277. The number of nitrogens with two attached hydrogens (primary N) is 1. The molecule has 1 atom stereocenters. The predicted octanol–water partition coefficient (Wildman–Crippen LogP) is 2.33. The Kier molecular flexibility index (Phi) is 5.12. The molecule has 0 radical (unpaired) electrons. The van der Waals surface area contributed by atoms with Gasteiger partial charge in [-0.05, 0) is 43.5 Å². The quantitative estimate of drug-likeness (QED) is 0.875. The van der Waals surface area contributed by atoms with Crippen molar-refractivity contribution in [2.75, 3.05) is 40.8 Å². The fourth-order valence-electron chi connectivity index (χ4n) is 2.50. The van der Waals surface area contributed by atoms with Crippen molar-refractivity contribution < 1.29 is 0 Å². The van der Waals surface area contributed by atoms with Crippen molar-refractivity contribution >= 4 is 10.8 Å². The maximum atomic E-state index is 6.00. The molecule has 0 fully saturated rings. The standard InChI is InChI=1S/C17H25N3/c1-19(2)10-11-20(3)17(13-18)16-9-8-14-6-4-5-7-15(14)12-16/h4-9,12,17H,10-11,13,18H2,1-3H3. The maximum Gasteiger partial charge on any atom is 0.0468 e. The SMILES string of the molecule is CN(C)CCN(C)C(CN)c1ccc2ccccc2c1. The average Bonchev–Trinajstić information content (AvgIpc) is 2.45. The van der Waals surface area contributed by atoms with Gasteiger partial charge in [-0.25, -0.2) is 0 Å². The third-order valence-electron chi connectivity index (χ3n) is 3.81. The summed E-state index contributed by atoms with van der Waals surface area (Å²) in [6.07, 6.45) is 0. The summed E-state index contributed by atoms with van der Waals surface area (Å²) in [4.78, 5) is 4.54. The Labute approximate surface area is 122 Å². The van der Waals surface area contributed by atoms with Crippen molar-refractivity contribution in [1.29, 1.82) is 0 Å². The van der Waals surface area contributed by atoms with Crippen LogP contribution in [0.15, 0.2) is 42.5 Å². The minimum absolute atomic E-state index is 0.277. The number of nitrogens with zero attached hydrogens (tertiary/aromatic N) is 2. The maximum absolute atomic E-state index is 6.00. The first-order valence-corrected chi connectivity index (χ1v) is 7.15. The molecule has 0 aromatic heterocycles. The Balaban J connectivity index is 2.20. The van der Waals surface area contributed by atoms with Crippen LogP contribution in [0.2, 0.25) is 0 Å². The highest BCUT2D eigenvalue weighted by atomic mass is 15.2. The van der Waals surface area contributed by atoms with E-state index in [2.05, 4.69) is 73.4 Å². The van der Waals surface area contributed by atoms with Gasteiger partial charge in [-0.15, -0.1) is 0 Å². The molecule has 1 unspecified atom stereocenters. The molecule has 2 rings (SSSR count). The first-order valence-electron chi connectivity index (χ1n) is 7.15. The molecule has 0 saturated heterocycles. The number of fused-ring (bicyclic) bond motifs is 1. The molecule has 0 amide bonds. The Bertz CT molecular complexity index is 551. The van der Waals surface area contributed by atoms with Crippen molar-refractivity contribution in [3.8, 4) is 0 Å². The fraction of sp³-hybridized carbons (Fsp3) is 0.412. The monoisotopic (exact) mass is 271 g/mol. The third-order valence-corrected chi connectivity index (χ3v) is 3.81. The highest BCUT2D eigenvalue weighted by molar-refractivity contribution is 5.83. The average molecular weight is 271 g/mol. The van der Waals surface area contributed by atoms with E-state index in [1.165, 1.54) is 16.3 Å². The molecular weight excluding hydrogens is 246 g/mol. The van der Waals surface area contributed by atoms with Crippen LogP contribution >= 0.6 is 0 Å². The summed E-state index contributed by atoms with van der Waals surface area (Å²) in [6.45, 7) is 2.70. The number of benzene rings is 2. The number of likely N-dealkylation sites (N-methyl/N-ethyl adjacent to an activating group) is 2. The second-order valence-corrected chi connectivity index (χ2v) is 5.64. The molecular formula is C17H25N3. The van der Waals surface area contributed by atoms with Crippen molar-refractivity contribution in [3.63, 3.8) is 0 Å². The first-order chi connectivity index (χ1) is 9.61. The normalized spacial score (nSPS) is 13.3. The van der Waals surface area contributed by atoms with E-state index in [1.807, 2.05) is 0 Å². The van der Waals surface area contributed by atoms with Gasteiger partial charge in [0.05, 0.1) is 0 Å². The summed E-state index contributed by atoms with van der Waals surface area (Å²) in [5.74, 6) is 0. The molecule has 0 aliphatic heterocycles. The molecule has 2 aromatic carbocycles. The lowest BCUT2D eigenvalue weighted by Crippen LogP contribution is -2.35. The van der Waals surface area contributed by atoms with Crippen LogP contribution in [0.25, 0.3) is 10.8 Å². The van der Waals surface area contributed by atoms with Gasteiger partial charge in [0.2, 0.25) is 0 Å². The molecule has 2 N–H and O–H groups in total. The minimum Gasteiger partial charge on any atom is -0.329 e. The predicted molar refractivity (Wildman–Crippen MR) is 86.9 cm³/mol. The summed E-state index contributed by atoms with van der Waals surface area (Å²) in [6, 6.07) is 15.4. The second-order valence-electron chi connectivity index (χ2n) is 5.64. The van der Waals surface area contributed by atoms with Crippen molar-refractivity contribution in [1.82, 2.24) is 9.80 Å². The van der Waals surface area contributed by atoms with E-state index >= 15 is 0 Å². The van der Waals surface area contributed by atoms with Crippen LogP contribution in [0, 0.1) is 0 Å². The van der Waals surface area contributed by atoms with Gasteiger partial charge in [0.15, 0.2) is 0 Å². The van der Waals surface area contributed by atoms with Gasteiger partial charge >= 0.3 is 0 Å². The van der Waals surface area contributed by atoms with E-state index in [1.54, 1.807) is 0 Å². The zero-order chi connectivity index (χ0) is 14.5. The van der Waals surface area contributed by atoms with Gasteiger partial charge in [0.1, 0.15) is 0 Å². The van der Waals surface area contributed by atoms with E-state index in [9.17, 15) is 0 Å². The second kappa shape index (κ2) is 6.84. The van der Waals surface area contributed by atoms with Crippen LogP contribution in [-0.2, 0) is 0 Å². The summed E-state index contributed by atoms with van der Waals surface area (Å²) in [7, 11) is 6.35. The molecule has 108 valence electrons. The van der Waals surface area contributed by atoms with Crippen LogP contribution < -0.4 is 5.73 Å². The summed E-state index contributed by atoms with van der Waals surface area (Å²) in [5.41, 5.74) is 7.30. The number of hydrogen-bond donors (Lipinski definition) is 1. The van der Waals surface area contributed by atoms with E-state index in [0.29, 0.717) is 6.54 Å². The zero-order valence-electron chi connectivity index (χ0n) is 12.7. The van der Waals surface area contributed by atoms with E-state index in [-0.39, 0.29) is 6.04 Å². The summed E-state index contributed by atoms with van der Waals surface area (Å²) < 4.78 is 0. The molecule has 0 aliphatic carbocycles. The largest absolute Gasteiger partial charge is 0.329 e. The van der Waals surface area contributed by atoms with Gasteiger partial charge in [0, 0.05) is 25.7 Å². The zero-order valence-corrected chi connectivity index (χ0v) is 12.7. The van der Waals surface area contributed by atoms with Gasteiger partial charge in [-0.2, -0.15) is 0 Å². The molecule has 3 heteroatoms. The lowest BCUT2D eigenvalue weighted by atomic mass is 10.0. The van der Waals surface area contributed by atoms with Crippen molar-refractivity contribution in [2.24, 2.45) is 5.73 Å². The first kappa shape index (κ1) is 15.0. The molecule has 0 spiro atoms. The van der Waals surface area contributed by atoms with Crippen LogP contribution in [0.5, 0.6) is 0 Å². The molecule has 0 aliphatic rings. The lowest BCUT2D eigenvalue weighted by molar-refractivity contribution is 0.223. The summed E-state index contributed by atoms with van der Waals surface area (Å²) >= 11 is 0. The Hall–Kier alpha value is -1.42. The lowest BCUT2D eigenvalue weighted by Gasteiger charge is -2.28. The topological polar surface area (TPSA) is 32.5 Å². The molecule has 0 saturated carbocycles. The van der Waals surface area contributed by atoms with Crippen molar-refractivity contribution in [3.05, 3.63) is 48.0 Å². The molecule has 3 nitrogen and oxygen atoms in total. The highest BCUT2D eigenvalue weighted by Crippen LogP contribution is 2.23. The smallest absolute Gasteiger partial charge is 0.0468 e. The van der Waals surface area contributed by atoms with Crippen LogP contribution in [0.1, 0.15) is 11.6 Å². The van der Waals surface area contributed by atoms with Crippen molar-refractivity contribution in [2.45, 2.75) is 6.04 Å². The fourth-order valence-corrected chi connectivity index (χ4v) is 2.50. The van der Waals surface area contributed by atoms with Crippen LogP contribution in [0.3, 0.4) is 0 Å². The van der Waals surface area contributed by atoms with Crippen LogP contribution in [-0.4, -0.2) is 50.6 Å². The molecule has 2 aromatic rings. The Morgan fingerprint density at radius 3 is 2.30 bits per heavy atom. The molecule has 0 bridgehead atoms. The van der Waals surface area contributed by atoms with Gasteiger partial charge in [-0.3, -0.25) is 4.90 Å². The highest BCUT2D eigenvalue weighted by Gasteiger charge is 2.15. The Morgan fingerprint density at radius 1 is 0.950 bits per heavy atom. The van der Waals surface area contributed by atoms with E-state index in [4.69, 9.17) is 5.73 Å². The van der Waals surface area contributed by atoms with Gasteiger partial charge < -0.3 is 10.6 Å². The number of hydrogen-bond acceptors (Lipinski definition) is 3. The molecule has 20 heavy (non-hydrogen) atoms. The van der Waals surface area contributed by atoms with E-state index in [0.717, 1.165) is 13.1 Å². The van der Waals surface area contributed by atoms with Gasteiger partial charge in [0.25, 0.3) is 0 Å². The Morgan fingerprint density at radius 2 is 1.65 bits per heavy atom. The summed E-state index contributed by atoms with van der Waals surface area (Å²) in [5, 5.41) is 2.56. The molecule has 0 heterocycles. The van der Waals surface area contributed by atoms with Crippen LogP contribution in [0.4, 0.5) is 0 Å². The number of rotatable bonds is 6.